The number of hydrogen-bond acceptors (Lipinski definition) is 3. The number of nitrogens with one attached hydrogen (secondary N) is 1. The first kappa shape index (κ1) is 20.1. The number of thioether (sulfide) groups is 1. The maximum atomic E-state index is 12.8. The van der Waals surface area contributed by atoms with Gasteiger partial charge < -0.3 is 5.32 Å². The molecule has 1 saturated heterocycles. The van der Waals surface area contributed by atoms with Crippen molar-refractivity contribution >= 4 is 69.4 Å². The first-order valence-corrected chi connectivity index (χ1v) is 9.20. The van der Waals surface area contributed by atoms with E-state index in [1.165, 1.54) is 12.1 Å². The molecule has 2 aromatic carbocycles. The van der Waals surface area contributed by atoms with Crippen LogP contribution in [0.4, 0.5) is 18.9 Å². The fourth-order valence-electron chi connectivity index (χ4n) is 2.12. The number of amides is 1. The van der Waals surface area contributed by atoms with Crippen LogP contribution in [0.15, 0.2) is 46.3 Å². The number of carbonyl (C=O) groups excluding carboxylic acids is 1. The summed E-state index contributed by atoms with van der Waals surface area (Å²) < 4.78 is 38.5. The molecule has 2 aromatic rings. The van der Waals surface area contributed by atoms with Crippen LogP contribution in [0.25, 0.3) is 6.08 Å². The second-order valence-corrected chi connectivity index (χ2v) is 7.59. The molecule has 3 rings (SSSR count). The fraction of sp³-hybridized carbons (Fsp3) is 0.0588. The summed E-state index contributed by atoms with van der Waals surface area (Å²) in [6, 6.07) is 7.58. The van der Waals surface area contributed by atoms with E-state index >= 15 is 0 Å². The summed E-state index contributed by atoms with van der Waals surface area (Å²) in [5, 5.41) is 3.43. The molecule has 140 valence electrons. The van der Waals surface area contributed by atoms with Crippen LogP contribution in [0.3, 0.4) is 0 Å². The summed E-state index contributed by atoms with van der Waals surface area (Å²) in [6.45, 7) is 0. The maximum absolute atomic E-state index is 12.8. The molecule has 0 atom stereocenters. The van der Waals surface area contributed by atoms with Gasteiger partial charge in [-0.05, 0) is 53.7 Å². The quantitative estimate of drug-likeness (QED) is 0.526. The van der Waals surface area contributed by atoms with E-state index in [1.54, 1.807) is 12.1 Å². The number of hydrogen-bond donors (Lipinski definition) is 1. The zero-order chi connectivity index (χ0) is 19.8. The smallest absolute Gasteiger partial charge is 0.300 e. The van der Waals surface area contributed by atoms with Gasteiger partial charge in [0, 0.05) is 10.0 Å². The second kappa shape index (κ2) is 7.75. The third-order valence-corrected chi connectivity index (χ3v) is 5.19. The van der Waals surface area contributed by atoms with Gasteiger partial charge in [-0.2, -0.15) is 13.2 Å². The minimum atomic E-state index is -4.53. The molecule has 0 aromatic heterocycles. The van der Waals surface area contributed by atoms with Crippen molar-refractivity contribution < 1.29 is 18.0 Å². The van der Waals surface area contributed by atoms with Gasteiger partial charge in [-0.1, -0.05) is 40.9 Å². The van der Waals surface area contributed by atoms with Crippen molar-refractivity contribution in [3.8, 4) is 0 Å². The molecule has 27 heavy (non-hydrogen) atoms. The van der Waals surface area contributed by atoms with Gasteiger partial charge in [0.2, 0.25) is 0 Å². The molecule has 0 saturated carbocycles. The molecule has 1 amide bonds. The van der Waals surface area contributed by atoms with E-state index < -0.39 is 17.6 Å². The van der Waals surface area contributed by atoms with Crippen LogP contribution in [0.2, 0.25) is 15.1 Å². The lowest BCUT2D eigenvalue weighted by atomic mass is 10.2. The van der Waals surface area contributed by atoms with Gasteiger partial charge in [-0.15, -0.1) is 0 Å². The minimum Gasteiger partial charge on any atom is -0.300 e. The summed E-state index contributed by atoms with van der Waals surface area (Å²) >= 11 is 18.8. The van der Waals surface area contributed by atoms with Crippen LogP contribution in [-0.4, -0.2) is 11.1 Å². The number of carbonyl (C=O) groups is 1. The van der Waals surface area contributed by atoms with Gasteiger partial charge in [0.25, 0.3) is 5.91 Å². The molecule has 10 heteroatoms. The van der Waals surface area contributed by atoms with E-state index in [4.69, 9.17) is 34.8 Å². The van der Waals surface area contributed by atoms with E-state index in [0.717, 1.165) is 30.0 Å². The molecule has 1 aliphatic heterocycles. The molecule has 3 nitrogen and oxygen atoms in total. The van der Waals surface area contributed by atoms with Gasteiger partial charge in [0.05, 0.1) is 21.2 Å². The number of benzene rings is 2. The number of amidine groups is 1. The topological polar surface area (TPSA) is 41.5 Å². The molecule has 1 aliphatic rings. The van der Waals surface area contributed by atoms with Gasteiger partial charge in [-0.3, -0.25) is 4.79 Å². The fourth-order valence-corrected chi connectivity index (χ4v) is 3.57. The normalized spacial score (nSPS) is 17.6. The summed E-state index contributed by atoms with van der Waals surface area (Å²) in [5.41, 5.74) is -0.415. The van der Waals surface area contributed by atoms with Crippen molar-refractivity contribution in [2.45, 2.75) is 6.18 Å². The average molecular weight is 452 g/mol. The summed E-state index contributed by atoms with van der Waals surface area (Å²) in [6.07, 6.45) is -2.99. The summed E-state index contributed by atoms with van der Waals surface area (Å²) in [4.78, 5) is 16.4. The molecule has 1 heterocycles. The Balaban J connectivity index is 1.90. The third kappa shape index (κ3) is 4.79. The van der Waals surface area contributed by atoms with Crippen LogP contribution in [0, 0.1) is 0 Å². The third-order valence-electron chi connectivity index (χ3n) is 3.40. The Bertz CT molecular complexity index is 990. The number of rotatable bonds is 2. The monoisotopic (exact) mass is 450 g/mol. The van der Waals surface area contributed by atoms with Crippen molar-refractivity contribution in [1.29, 1.82) is 0 Å². The standard InChI is InChI=1S/C17H8Cl3F3N2OS/c18-10-3-1-8(12(20)7-10)5-14-15(26)25-16(27-14)24-13-6-9(17(21,22)23)2-4-11(13)19/h1-7H,(H,24,25,26)/b14-5-. The van der Waals surface area contributed by atoms with Crippen molar-refractivity contribution in [2.75, 3.05) is 0 Å². The highest BCUT2D eigenvalue weighted by molar-refractivity contribution is 8.18. The Morgan fingerprint density at radius 2 is 1.78 bits per heavy atom. The summed E-state index contributed by atoms with van der Waals surface area (Å²) in [5.74, 6) is -0.451. The van der Waals surface area contributed by atoms with Crippen molar-refractivity contribution in [3.63, 3.8) is 0 Å². The first-order chi connectivity index (χ1) is 12.6. The highest BCUT2D eigenvalue weighted by Gasteiger charge is 2.31. The predicted molar refractivity (Wildman–Crippen MR) is 104 cm³/mol. The first-order valence-electron chi connectivity index (χ1n) is 7.25. The Morgan fingerprint density at radius 3 is 2.44 bits per heavy atom. The lowest BCUT2D eigenvalue weighted by Gasteiger charge is -2.08. The van der Waals surface area contributed by atoms with Crippen LogP contribution in [0.1, 0.15) is 11.1 Å². The molecular weight excluding hydrogens is 444 g/mol. The molecule has 1 N–H and O–H groups in total. The van der Waals surface area contributed by atoms with E-state index in [0.29, 0.717) is 15.6 Å². The summed E-state index contributed by atoms with van der Waals surface area (Å²) in [7, 11) is 0. The molecule has 0 unspecified atom stereocenters. The molecule has 0 bridgehead atoms. The molecule has 0 spiro atoms. The van der Waals surface area contributed by atoms with E-state index in [9.17, 15) is 18.0 Å². The van der Waals surface area contributed by atoms with E-state index in [2.05, 4.69) is 10.3 Å². The lowest BCUT2D eigenvalue weighted by molar-refractivity contribution is -0.137. The lowest BCUT2D eigenvalue weighted by Crippen LogP contribution is -2.19. The zero-order valence-corrected chi connectivity index (χ0v) is 16.2. The Kier molecular flexibility index (Phi) is 5.76. The molecular formula is C17H8Cl3F3N2OS. The predicted octanol–water partition coefficient (Wildman–Crippen LogP) is 6.56. The van der Waals surface area contributed by atoms with E-state index in [-0.39, 0.29) is 20.8 Å². The maximum Gasteiger partial charge on any atom is 0.416 e. The van der Waals surface area contributed by atoms with Gasteiger partial charge in [-0.25, -0.2) is 4.99 Å². The SMILES string of the molecule is O=C1NC(=Nc2cc(C(F)(F)F)ccc2Cl)S/C1=C\c1ccc(Cl)cc1Cl. The largest absolute Gasteiger partial charge is 0.416 e. The van der Waals surface area contributed by atoms with E-state index in [1.807, 2.05) is 0 Å². The van der Waals surface area contributed by atoms with Gasteiger partial charge >= 0.3 is 6.18 Å². The van der Waals surface area contributed by atoms with Crippen molar-refractivity contribution in [1.82, 2.24) is 5.32 Å². The van der Waals surface area contributed by atoms with Crippen LogP contribution >= 0.6 is 46.6 Å². The van der Waals surface area contributed by atoms with Crippen LogP contribution in [0.5, 0.6) is 0 Å². The highest BCUT2D eigenvalue weighted by atomic mass is 35.5. The highest BCUT2D eigenvalue weighted by Crippen LogP contribution is 2.37. The minimum absolute atomic E-state index is 0.0310. The Morgan fingerprint density at radius 1 is 1.04 bits per heavy atom. The Hall–Kier alpha value is -1.67. The Labute approximate surface area is 171 Å². The van der Waals surface area contributed by atoms with Crippen molar-refractivity contribution in [2.24, 2.45) is 4.99 Å². The van der Waals surface area contributed by atoms with Crippen LogP contribution < -0.4 is 5.32 Å². The number of nitrogens with zero attached hydrogens (tertiary/aromatic N) is 1. The number of aliphatic imine (C=N–C) groups is 1. The van der Waals surface area contributed by atoms with Crippen molar-refractivity contribution in [3.05, 3.63) is 67.5 Å². The number of halogens is 6. The second-order valence-electron chi connectivity index (χ2n) is 5.31. The van der Waals surface area contributed by atoms with Gasteiger partial charge in [0.15, 0.2) is 5.17 Å². The molecule has 0 aliphatic carbocycles. The average Bonchev–Trinajstić information content (AvgIpc) is 2.90. The van der Waals surface area contributed by atoms with Gasteiger partial charge in [0.1, 0.15) is 0 Å². The molecule has 0 radical (unpaired) electrons. The number of alkyl halides is 3. The zero-order valence-electron chi connectivity index (χ0n) is 13.1. The molecule has 1 fully saturated rings. The van der Waals surface area contributed by atoms with Crippen LogP contribution in [-0.2, 0) is 11.0 Å².